The first-order valence-corrected chi connectivity index (χ1v) is 20.0. The Labute approximate surface area is 342 Å². The smallest absolute Gasteiger partial charge is 0.160 e. The lowest BCUT2D eigenvalue weighted by atomic mass is 9.93. The Morgan fingerprint density at radius 3 is 1.58 bits per heavy atom. The van der Waals surface area contributed by atoms with Crippen molar-refractivity contribution in [2.45, 2.75) is 0 Å². The molecule has 11 rings (SSSR count). The molecule has 0 saturated carbocycles. The molecular formula is C56H36N2O. The maximum absolute atomic E-state index is 6.23. The maximum Gasteiger partial charge on any atom is 0.160 e. The van der Waals surface area contributed by atoms with Gasteiger partial charge in [0.15, 0.2) is 5.82 Å². The number of rotatable bonds is 7. The maximum atomic E-state index is 6.23. The van der Waals surface area contributed by atoms with Crippen LogP contribution in [0.25, 0.3) is 111 Å². The van der Waals surface area contributed by atoms with Gasteiger partial charge < -0.3 is 4.42 Å². The highest BCUT2D eigenvalue weighted by molar-refractivity contribution is 6.06. The molecule has 3 heteroatoms. The van der Waals surface area contributed by atoms with Gasteiger partial charge in [-0.3, -0.25) is 0 Å². The van der Waals surface area contributed by atoms with E-state index < -0.39 is 0 Å². The third kappa shape index (κ3) is 6.55. The van der Waals surface area contributed by atoms with Crippen molar-refractivity contribution >= 4 is 32.7 Å². The molecule has 0 saturated heterocycles. The second-order valence-electron chi connectivity index (χ2n) is 15.0. The van der Waals surface area contributed by atoms with Gasteiger partial charge in [0.25, 0.3) is 0 Å². The minimum Gasteiger partial charge on any atom is -0.456 e. The SMILES string of the molecule is c1ccc(-c2ccc(-c3cc(-c4ccc5oc6ccccc6c5c4)cc(-c4cc(-c5cccc(-c6cccc7ccccc67)c5)nc(-c5ccccc5)n4)c3)cc2)cc1. The summed E-state index contributed by atoms with van der Waals surface area (Å²) in [5, 5.41) is 4.65. The van der Waals surface area contributed by atoms with Crippen molar-refractivity contribution in [1.82, 2.24) is 9.97 Å². The van der Waals surface area contributed by atoms with E-state index in [-0.39, 0.29) is 0 Å². The summed E-state index contributed by atoms with van der Waals surface area (Å²) in [6, 6.07) is 77.1. The van der Waals surface area contributed by atoms with Gasteiger partial charge in [-0.25, -0.2) is 9.97 Å². The van der Waals surface area contributed by atoms with Crippen molar-refractivity contribution < 1.29 is 4.42 Å². The summed E-state index contributed by atoms with van der Waals surface area (Å²) >= 11 is 0. The largest absolute Gasteiger partial charge is 0.456 e. The van der Waals surface area contributed by atoms with Gasteiger partial charge in [-0.1, -0.05) is 170 Å². The highest BCUT2D eigenvalue weighted by Crippen LogP contribution is 2.39. The minimum absolute atomic E-state index is 0.680. The second kappa shape index (κ2) is 14.6. The molecule has 0 aliphatic rings. The van der Waals surface area contributed by atoms with Crippen molar-refractivity contribution in [3.05, 3.63) is 218 Å². The first-order chi connectivity index (χ1) is 29.2. The van der Waals surface area contributed by atoms with E-state index in [0.29, 0.717) is 5.82 Å². The number of hydrogen-bond donors (Lipinski definition) is 0. The summed E-state index contributed by atoms with van der Waals surface area (Å²) in [6.45, 7) is 0. The zero-order chi connectivity index (χ0) is 39.1. The Balaban J connectivity index is 1.09. The van der Waals surface area contributed by atoms with Gasteiger partial charge in [-0.15, -0.1) is 0 Å². The molecule has 0 aliphatic carbocycles. The molecular weight excluding hydrogens is 717 g/mol. The normalized spacial score (nSPS) is 11.4. The van der Waals surface area contributed by atoms with Gasteiger partial charge in [0, 0.05) is 27.5 Å². The van der Waals surface area contributed by atoms with Crippen LogP contribution in [0.2, 0.25) is 0 Å². The Kier molecular flexibility index (Phi) is 8.49. The van der Waals surface area contributed by atoms with Crippen LogP contribution < -0.4 is 0 Å². The molecule has 0 bridgehead atoms. The molecule has 0 spiro atoms. The van der Waals surface area contributed by atoms with Crippen LogP contribution in [0.5, 0.6) is 0 Å². The fraction of sp³-hybridized carbons (Fsp3) is 0. The summed E-state index contributed by atoms with van der Waals surface area (Å²) in [5.74, 6) is 0.680. The molecule has 0 fully saturated rings. The van der Waals surface area contributed by atoms with Crippen LogP contribution in [0.4, 0.5) is 0 Å². The zero-order valence-electron chi connectivity index (χ0n) is 32.1. The second-order valence-corrected chi connectivity index (χ2v) is 15.0. The Hall–Kier alpha value is -7.88. The van der Waals surface area contributed by atoms with Crippen molar-refractivity contribution in [1.29, 1.82) is 0 Å². The van der Waals surface area contributed by atoms with Crippen molar-refractivity contribution in [3.8, 4) is 78.4 Å². The molecule has 9 aromatic carbocycles. The van der Waals surface area contributed by atoms with Crippen molar-refractivity contribution in [2.75, 3.05) is 0 Å². The number of para-hydroxylation sites is 1. The fourth-order valence-corrected chi connectivity index (χ4v) is 8.28. The van der Waals surface area contributed by atoms with Gasteiger partial charge in [0.2, 0.25) is 0 Å². The molecule has 59 heavy (non-hydrogen) atoms. The number of fused-ring (bicyclic) bond motifs is 4. The third-order valence-corrected chi connectivity index (χ3v) is 11.3. The summed E-state index contributed by atoms with van der Waals surface area (Å²) in [7, 11) is 0. The lowest BCUT2D eigenvalue weighted by Crippen LogP contribution is -1.97. The molecule has 0 amide bonds. The van der Waals surface area contributed by atoms with Gasteiger partial charge in [0.05, 0.1) is 11.4 Å². The molecule has 11 aromatic rings. The molecule has 3 nitrogen and oxygen atoms in total. The Morgan fingerprint density at radius 2 is 0.780 bits per heavy atom. The average Bonchev–Trinajstić information content (AvgIpc) is 3.70. The number of nitrogens with zero attached hydrogens (tertiary/aromatic N) is 2. The van der Waals surface area contributed by atoms with E-state index in [1.54, 1.807) is 0 Å². The fourth-order valence-electron chi connectivity index (χ4n) is 8.28. The highest BCUT2D eigenvalue weighted by Gasteiger charge is 2.16. The van der Waals surface area contributed by atoms with Crippen LogP contribution in [-0.4, -0.2) is 9.97 Å². The van der Waals surface area contributed by atoms with E-state index in [9.17, 15) is 0 Å². The van der Waals surface area contributed by atoms with Crippen molar-refractivity contribution in [3.63, 3.8) is 0 Å². The highest BCUT2D eigenvalue weighted by atomic mass is 16.3. The van der Waals surface area contributed by atoms with Crippen LogP contribution in [-0.2, 0) is 0 Å². The molecule has 0 unspecified atom stereocenters. The Morgan fingerprint density at radius 1 is 0.271 bits per heavy atom. The standard InChI is InChI=1S/C56H36N2O/c1-3-13-37(14-4-1)38-25-27-39(28-26-38)45-32-46(42-29-30-55-51(35-42)50-22-9-10-24-54(50)59-55)34-47(33-45)53-36-52(57-56(58-53)41-16-5-2-6-17-41)44-20-11-19-43(31-44)49-23-12-18-40-15-7-8-21-48(40)49/h1-36H. The average molecular weight is 753 g/mol. The molecule has 0 radical (unpaired) electrons. The van der Waals surface area contributed by atoms with Gasteiger partial charge >= 0.3 is 0 Å². The predicted octanol–water partition coefficient (Wildman–Crippen LogP) is 15.2. The third-order valence-electron chi connectivity index (χ3n) is 11.3. The van der Waals surface area contributed by atoms with E-state index in [1.807, 2.05) is 30.3 Å². The van der Waals surface area contributed by atoms with Crippen molar-refractivity contribution in [2.24, 2.45) is 0 Å². The summed E-state index contributed by atoms with van der Waals surface area (Å²) in [5.41, 5.74) is 15.6. The molecule has 0 N–H and O–H groups in total. The number of hydrogen-bond acceptors (Lipinski definition) is 3. The monoisotopic (exact) mass is 752 g/mol. The van der Waals surface area contributed by atoms with Crippen LogP contribution in [0.3, 0.4) is 0 Å². The Bertz CT molecular complexity index is 3310. The van der Waals surface area contributed by atoms with Gasteiger partial charge in [0.1, 0.15) is 11.2 Å². The van der Waals surface area contributed by atoms with E-state index >= 15 is 0 Å². The first kappa shape index (κ1) is 34.4. The zero-order valence-corrected chi connectivity index (χ0v) is 32.1. The van der Waals surface area contributed by atoms with Crippen LogP contribution in [0.1, 0.15) is 0 Å². The molecule has 2 heterocycles. The number of furan rings is 1. The van der Waals surface area contributed by atoms with Gasteiger partial charge in [-0.05, 0) is 104 Å². The van der Waals surface area contributed by atoms with E-state index in [1.165, 1.54) is 27.5 Å². The molecule has 276 valence electrons. The van der Waals surface area contributed by atoms with Crippen LogP contribution in [0, 0.1) is 0 Å². The summed E-state index contributed by atoms with van der Waals surface area (Å²) in [4.78, 5) is 10.5. The first-order valence-electron chi connectivity index (χ1n) is 20.0. The lowest BCUT2D eigenvalue weighted by molar-refractivity contribution is 0.669. The minimum atomic E-state index is 0.680. The van der Waals surface area contributed by atoms with E-state index in [0.717, 1.165) is 77.8 Å². The predicted molar refractivity (Wildman–Crippen MR) is 245 cm³/mol. The van der Waals surface area contributed by atoms with E-state index in [4.69, 9.17) is 14.4 Å². The lowest BCUT2D eigenvalue weighted by Gasteiger charge is -2.14. The van der Waals surface area contributed by atoms with Gasteiger partial charge in [-0.2, -0.15) is 0 Å². The molecule has 2 aromatic heterocycles. The quantitative estimate of drug-likeness (QED) is 0.163. The molecule has 0 atom stereocenters. The van der Waals surface area contributed by atoms with E-state index in [2.05, 4.69) is 188 Å². The van der Waals surface area contributed by atoms with Crippen LogP contribution in [0.15, 0.2) is 223 Å². The topological polar surface area (TPSA) is 38.9 Å². The summed E-state index contributed by atoms with van der Waals surface area (Å²) < 4.78 is 6.23. The number of benzene rings is 9. The molecule has 0 aliphatic heterocycles. The van der Waals surface area contributed by atoms with Crippen LogP contribution >= 0.6 is 0 Å². The summed E-state index contributed by atoms with van der Waals surface area (Å²) in [6.07, 6.45) is 0. The number of aromatic nitrogens is 2.